The van der Waals surface area contributed by atoms with Crippen LogP contribution in [0.1, 0.15) is 34.1 Å². The molecule has 2 unspecified atom stereocenters. The molecule has 0 saturated carbocycles. The lowest BCUT2D eigenvalue weighted by Gasteiger charge is -2.30. The Morgan fingerprint density at radius 2 is 1.15 bits per heavy atom. The van der Waals surface area contributed by atoms with Crippen LogP contribution < -0.4 is 0 Å². The molecule has 13 heavy (non-hydrogen) atoms. The number of rotatable bonds is 6. The van der Waals surface area contributed by atoms with Crippen molar-refractivity contribution in [2.45, 2.75) is 46.2 Å². The summed E-state index contributed by atoms with van der Waals surface area (Å²) in [5.41, 5.74) is 0. The monoisotopic (exact) mass is 186 g/mol. The molecular formula is C11H26N2. The minimum Gasteiger partial charge on any atom is -0.304 e. The minimum atomic E-state index is 0.689. The van der Waals surface area contributed by atoms with Crippen LogP contribution in [0.3, 0.4) is 0 Å². The van der Waals surface area contributed by atoms with Crippen LogP contribution in [0.15, 0.2) is 0 Å². The van der Waals surface area contributed by atoms with Gasteiger partial charge in [-0.15, -0.1) is 0 Å². The number of hydrogen-bond acceptors (Lipinski definition) is 2. The van der Waals surface area contributed by atoms with E-state index in [-0.39, 0.29) is 0 Å². The van der Waals surface area contributed by atoms with E-state index in [0.717, 1.165) is 13.1 Å². The molecule has 0 radical (unpaired) electrons. The number of nitrogens with zero attached hydrogens (tertiary/aromatic N) is 2. The molecule has 0 aliphatic carbocycles. The van der Waals surface area contributed by atoms with Gasteiger partial charge in [-0.2, -0.15) is 0 Å². The minimum absolute atomic E-state index is 0.689. The van der Waals surface area contributed by atoms with Gasteiger partial charge in [0.05, 0.1) is 0 Å². The van der Waals surface area contributed by atoms with Crippen LogP contribution in [0.4, 0.5) is 0 Å². The highest BCUT2D eigenvalue weighted by molar-refractivity contribution is 4.70. The van der Waals surface area contributed by atoms with E-state index >= 15 is 0 Å². The van der Waals surface area contributed by atoms with E-state index in [1.54, 1.807) is 0 Å². The molecule has 0 heterocycles. The predicted octanol–water partition coefficient (Wildman–Crippen LogP) is 2.06. The molecule has 0 rings (SSSR count). The normalized spacial score (nSPS) is 16.6. The van der Waals surface area contributed by atoms with E-state index in [4.69, 9.17) is 0 Å². The standard InChI is InChI=1S/C11H26N2/c1-7-12(5)10(3)9-11(4)13(6)8-2/h10-11H,7-9H2,1-6H3. The van der Waals surface area contributed by atoms with E-state index in [0.29, 0.717) is 12.1 Å². The van der Waals surface area contributed by atoms with Crippen LogP contribution >= 0.6 is 0 Å². The maximum Gasteiger partial charge on any atom is 0.00785 e. The molecule has 0 aromatic heterocycles. The first-order valence-electron chi connectivity index (χ1n) is 5.43. The Morgan fingerprint density at radius 3 is 1.38 bits per heavy atom. The predicted molar refractivity (Wildman–Crippen MR) is 60.1 cm³/mol. The zero-order chi connectivity index (χ0) is 10.4. The van der Waals surface area contributed by atoms with E-state index in [1.165, 1.54) is 6.42 Å². The third-order valence-corrected chi connectivity index (χ3v) is 3.18. The van der Waals surface area contributed by atoms with Gasteiger partial charge in [-0.05, 0) is 47.5 Å². The molecule has 2 nitrogen and oxygen atoms in total. The quantitative estimate of drug-likeness (QED) is 0.626. The number of hydrogen-bond donors (Lipinski definition) is 0. The summed E-state index contributed by atoms with van der Waals surface area (Å²) in [7, 11) is 4.40. The Morgan fingerprint density at radius 1 is 0.846 bits per heavy atom. The lowest BCUT2D eigenvalue weighted by Crippen LogP contribution is -2.37. The van der Waals surface area contributed by atoms with Gasteiger partial charge in [-0.25, -0.2) is 0 Å². The zero-order valence-corrected chi connectivity index (χ0v) is 10.2. The van der Waals surface area contributed by atoms with Gasteiger partial charge in [0.25, 0.3) is 0 Å². The molecule has 80 valence electrons. The van der Waals surface area contributed by atoms with Crippen LogP contribution in [0.5, 0.6) is 0 Å². The second kappa shape index (κ2) is 6.39. The molecule has 0 aromatic rings. The summed E-state index contributed by atoms with van der Waals surface area (Å²) in [6, 6.07) is 1.38. The van der Waals surface area contributed by atoms with Gasteiger partial charge in [0.2, 0.25) is 0 Å². The highest BCUT2D eigenvalue weighted by atomic mass is 15.1. The van der Waals surface area contributed by atoms with Crippen molar-refractivity contribution in [2.24, 2.45) is 0 Å². The van der Waals surface area contributed by atoms with Crippen LogP contribution in [0.2, 0.25) is 0 Å². The molecule has 0 spiro atoms. The summed E-state index contributed by atoms with van der Waals surface area (Å²) >= 11 is 0. The summed E-state index contributed by atoms with van der Waals surface area (Å²) in [6.45, 7) is 11.3. The van der Waals surface area contributed by atoms with Gasteiger partial charge < -0.3 is 9.80 Å². The molecule has 0 amide bonds. The van der Waals surface area contributed by atoms with Crippen LogP contribution in [0.25, 0.3) is 0 Å². The molecule has 0 bridgehead atoms. The van der Waals surface area contributed by atoms with Crippen molar-refractivity contribution in [3.05, 3.63) is 0 Å². The topological polar surface area (TPSA) is 6.48 Å². The second-order valence-electron chi connectivity index (χ2n) is 4.08. The molecule has 0 N–H and O–H groups in total. The Balaban J connectivity index is 3.83. The van der Waals surface area contributed by atoms with E-state index < -0.39 is 0 Å². The van der Waals surface area contributed by atoms with Crippen LogP contribution in [0, 0.1) is 0 Å². The molecular weight excluding hydrogens is 160 g/mol. The maximum atomic E-state index is 2.40. The fourth-order valence-corrected chi connectivity index (χ4v) is 1.48. The Bertz CT molecular complexity index is 111. The second-order valence-corrected chi connectivity index (χ2v) is 4.08. The summed E-state index contributed by atoms with van der Waals surface area (Å²) in [6.07, 6.45) is 1.26. The average molecular weight is 186 g/mol. The molecule has 0 aliphatic heterocycles. The molecule has 2 heteroatoms. The largest absolute Gasteiger partial charge is 0.304 e. The average Bonchev–Trinajstić information content (AvgIpc) is 2.14. The van der Waals surface area contributed by atoms with Crippen molar-refractivity contribution in [3.63, 3.8) is 0 Å². The smallest absolute Gasteiger partial charge is 0.00785 e. The fraction of sp³-hybridized carbons (Fsp3) is 1.00. The third-order valence-electron chi connectivity index (χ3n) is 3.18. The van der Waals surface area contributed by atoms with Gasteiger partial charge in [0.1, 0.15) is 0 Å². The van der Waals surface area contributed by atoms with Crippen molar-refractivity contribution in [1.82, 2.24) is 9.80 Å². The lowest BCUT2D eigenvalue weighted by molar-refractivity contribution is 0.185. The first-order chi connectivity index (χ1) is 6.02. The Labute approximate surface area is 83.9 Å². The third kappa shape index (κ3) is 4.63. The first-order valence-corrected chi connectivity index (χ1v) is 5.43. The highest BCUT2D eigenvalue weighted by Gasteiger charge is 2.14. The van der Waals surface area contributed by atoms with Gasteiger partial charge in [-0.3, -0.25) is 0 Å². The van der Waals surface area contributed by atoms with E-state index in [9.17, 15) is 0 Å². The van der Waals surface area contributed by atoms with Crippen molar-refractivity contribution >= 4 is 0 Å². The van der Waals surface area contributed by atoms with Gasteiger partial charge in [0, 0.05) is 12.1 Å². The molecule has 0 saturated heterocycles. The molecule has 2 atom stereocenters. The molecule has 0 fully saturated rings. The first kappa shape index (κ1) is 12.9. The molecule has 0 aliphatic rings. The summed E-state index contributed by atoms with van der Waals surface area (Å²) in [5, 5.41) is 0. The van der Waals surface area contributed by atoms with Gasteiger partial charge in [0.15, 0.2) is 0 Å². The summed E-state index contributed by atoms with van der Waals surface area (Å²) < 4.78 is 0. The Kier molecular flexibility index (Phi) is 6.35. The maximum absolute atomic E-state index is 2.40. The SMILES string of the molecule is CCN(C)C(C)CC(C)N(C)CC. The van der Waals surface area contributed by atoms with Crippen molar-refractivity contribution in [2.75, 3.05) is 27.2 Å². The van der Waals surface area contributed by atoms with Crippen molar-refractivity contribution in [3.8, 4) is 0 Å². The zero-order valence-electron chi connectivity index (χ0n) is 10.2. The van der Waals surface area contributed by atoms with Crippen molar-refractivity contribution in [1.29, 1.82) is 0 Å². The summed E-state index contributed by atoms with van der Waals surface area (Å²) in [5.74, 6) is 0. The van der Waals surface area contributed by atoms with Gasteiger partial charge >= 0.3 is 0 Å². The van der Waals surface area contributed by atoms with Crippen LogP contribution in [-0.4, -0.2) is 49.1 Å². The van der Waals surface area contributed by atoms with Crippen molar-refractivity contribution < 1.29 is 0 Å². The fourth-order valence-electron chi connectivity index (χ4n) is 1.48. The van der Waals surface area contributed by atoms with E-state index in [1.807, 2.05) is 0 Å². The summed E-state index contributed by atoms with van der Waals surface area (Å²) in [4.78, 5) is 4.81. The Hall–Kier alpha value is -0.0800. The molecule has 0 aromatic carbocycles. The van der Waals surface area contributed by atoms with Gasteiger partial charge in [-0.1, -0.05) is 13.8 Å². The van der Waals surface area contributed by atoms with E-state index in [2.05, 4.69) is 51.6 Å². The lowest BCUT2D eigenvalue weighted by atomic mass is 10.1. The highest BCUT2D eigenvalue weighted by Crippen LogP contribution is 2.08. The van der Waals surface area contributed by atoms with Crippen LogP contribution in [-0.2, 0) is 0 Å².